The summed E-state index contributed by atoms with van der Waals surface area (Å²) >= 11 is 0. The normalized spacial score (nSPS) is 11.9. The number of hydrazine groups is 1. The van der Waals surface area contributed by atoms with E-state index < -0.39 is 12.7 Å². The second-order valence-corrected chi connectivity index (χ2v) is 3.59. The van der Waals surface area contributed by atoms with Crippen molar-refractivity contribution in [2.45, 2.75) is 12.7 Å². The lowest BCUT2D eigenvalue weighted by Gasteiger charge is -2.22. The molecule has 0 saturated heterocycles. The fraction of sp³-hybridized carbons (Fsp3) is 0.556. The second-order valence-electron chi connectivity index (χ2n) is 3.59. The maximum atomic E-state index is 12.3. The molecule has 18 heavy (non-hydrogen) atoms. The molecule has 1 aromatic heterocycles. The van der Waals surface area contributed by atoms with Crippen LogP contribution in [0.5, 0.6) is 0 Å². The molecule has 0 aliphatic rings. The number of nitrogens with two attached hydrogens (primary N) is 1. The summed E-state index contributed by atoms with van der Waals surface area (Å²) in [5.74, 6) is 5.41. The van der Waals surface area contributed by atoms with Gasteiger partial charge in [0.05, 0.1) is 31.2 Å². The highest BCUT2D eigenvalue weighted by atomic mass is 19.4. The van der Waals surface area contributed by atoms with Crippen LogP contribution in [0.4, 0.5) is 19.0 Å². The number of aliphatic hydroxyl groups is 1. The third-order valence-corrected chi connectivity index (χ3v) is 2.06. The topological polar surface area (TPSA) is 87.3 Å². The largest absolute Gasteiger partial charge is 0.401 e. The monoisotopic (exact) mass is 265 g/mol. The summed E-state index contributed by atoms with van der Waals surface area (Å²) in [7, 11) is 0. The van der Waals surface area contributed by atoms with Crippen LogP contribution < -0.4 is 11.3 Å². The Labute approximate surface area is 102 Å². The Morgan fingerprint density at radius 2 is 2.06 bits per heavy atom. The Balaban J connectivity index is 2.64. The van der Waals surface area contributed by atoms with Crippen molar-refractivity contribution < 1.29 is 18.3 Å². The average molecular weight is 265 g/mol. The minimum Gasteiger partial charge on any atom is -0.395 e. The first-order valence-electron chi connectivity index (χ1n) is 5.12. The molecule has 0 spiro atoms. The van der Waals surface area contributed by atoms with Crippen molar-refractivity contribution in [2.75, 3.05) is 25.1 Å². The summed E-state index contributed by atoms with van der Waals surface area (Å²) in [5, 5.41) is 8.72. The highest BCUT2D eigenvalue weighted by Crippen LogP contribution is 2.17. The van der Waals surface area contributed by atoms with Crippen molar-refractivity contribution in [3.05, 3.63) is 18.1 Å². The maximum Gasteiger partial charge on any atom is 0.401 e. The smallest absolute Gasteiger partial charge is 0.395 e. The molecule has 0 saturated carbocycles. The zero-order valence-electron chi connectivity index (χ0n) is 9.48. The van der Waals surface area contributed by atoms with Crippen molar-refractivity contribution in [1.82, 2.24) is 14.9 Å². The number of rotatable bonds is 6. The number of nitrogens with one attached hydrogen (secondary N) is 1. The molecule has 6 nitrogen and oxygen atoms in total. The molecule has 0 radical (unpaired) electrons. The van der Waals surface area contributed by atoms with Gasteiger partial charge in [0, 0.05) is 13.1 Å². The summed E-state index contributed by atoms with van der Waals surface area (Å²) in [4.78, 5) is 8.78. The van der Waals surface area contributed by atoms with Crippen LogP contribution in [0, 0.1) is 0 Å². The standard InChI is InChI=1S/C9H14F3N5O/c10-9(11,12)6-17(1-2-18)5-7-3-15-8(16-13)4-14-7/h3-4,18H,1-2,5-6,13H2,(H,15,16). The number of anilines is 1. The summed E-state index contributed by atoms with van der Waals surface area (Å²) < 4.78 is 36.8. The lowest BCUT2D eigenvalue weighted by Crippen LogP contribution is -2.36. The number of aromatic nitrogens is 2. The number of halogens is 3. The van der Waals surface area contributed by atoms with Crippen LogP contribution >= 0.6 is 0 Å². The minimum atomic E-state index is -4.32. The van der Waals surface area contributed by atoms with Gasteiger partial charge in [0.25, 0.3) is 0 Å². The van der Waals surface area contributed by atoms with Crippen LogP contribution in [0.3, 0.4) is 0 Å². The van der Waals surface area contributed by atoms with E-state index in [1.807, 2.05) is 0 Å². The molecule has 0 amide bonds. The fourth-order valence-electron chi connectivity index (χ4n) is 1.35. The lowest BCUT2D eigenvalue weighted by molar-refractivity contribution is -0.148. The SMILES string of the molecule is NNc1cnc(CN(CCO)CC(F)(F)F)cn1. The molecule has 0 aromatic carbocycles. The molecule has 9 heteroatoms. The first kappa shape index (κ1) is 14.6. The first-order valence-corrected chi connectivity index (χ1v) is 5.12. The molecule has 0 atom stereocenters. The fourth-order valence-corrected chi connectivity index (χ4v) is 1.35. The molecule has 102 valence electrons. The van der Waals surface area contributed by atoms with Crippen LogP contribution in [-0.2, 0) is 6.54 Å². The quantitative estimate of drug-likeness (QED) is 0.500. The van der Waals surface area contributed by atoms with Gasteiger partial charge in [-0.05, 0) is 0 Å². The molecule has 0 aliphatic carbocycles. The molecule has 0 bridgehead atoms. The van der Waals surface area contributed by atoms with Crippen molar-refractivity contribution in [1.29, 1.82) is 0 Å². The molecule has 0 fully saturated rings. The van der Waals surface area contributed by atoms with Gasteiger partial charge < -0.3 is 10.5 Å². The average Bonchev–Trinajstić information content (AvgIpc) is 2.28. The second kappa shape index (κ2) is 6.47. The number of nitrogens with zero attached hydrogens (tertiary/aromatic N) is 3. The van der Waals surface area contributed by atoms with Crippen molar-refractivity contribution in [2.24, 2.45) is 5.84 Å². The minimum absolute atomic E-state index is 0.0437. The van der Waals surface area contributed by atoms with Crippen molar-refractivity contribution in [3.8, 4) is 0 Å². The van der Waals surface area contributed by atoms with Crippen LogP contribution in [0.15, 0.2) is 12.4 Å². The summed E-state index contributed by atoms with van der Waals surface area (Å²) in [6.45, 7) is -1.59. The van der Waals surface area contributed by atoms with Gasteiger partial charge in [0.1, 0.15) is 0 Å². The van der Waals surface area contributed by atoms with Crippen LogP contribution in [-0.4, -0.2) is 45.8 Å². The molecular weight excluding hydrogens is 251 g/mol. The number of aliphatic hydroxyl groups excluding tert-OH is 1. The number of hydrogen-bond acceptors (Lipinski definition) is 6. The predicted octanol–water partition coefficient (Wildman–Crippen LogP) is 0.119. The van der Waals surface area contributed by atoms with Gasteiger partial charge in [-0.2, -0.15) is 13.2 Å². The van der Waals surface area contributed by atoms with E-state index >= 15 is 0 Å². The highest BCUT2D eigenvalue weighted by Gasteiger charge is 2.30. The van der Waals surface area contributed by atoms with E-state index in [4.69, 9.17) is 10.9 Å². The van der Waals surface area contributed by atoms with E-state index in [0.29, 0.717) is 11.5 Å². The van der Waals surface area contributed by atoms with E-state index in [9.17, 15) is 13.2 Å². The predicted molar refractivity (Wildman–Crippen MR) is 58.3 cm³/mol. The summed E-state index contributed by atoms with van der Waals surface area (Å²) in [6, 6.07) is 0. The Bertz CT molecular complexity index is 356. The molecular formula is C9H14F3N5O. The van der Waals surface area contributed by atoms with Gasteiger partial charge >= 0.3 is 6.18 Å². The maximum absolute atomic E-state index is 12.3. The molecule has 1 aromatic rings. The molecule has 1 heterocycles. The zero-order chi connectivity index (χ0) is 13.6. The Hall–Kier alpha value is -1.45. The van der Waals surface area contributed by atoms with Crippen molar-refractivity contribution in [3.63, 3.8) is 0 Å². The number of hydrogen-bond donors (Lipinski definition) is 3. The number of alkyl halides is 3. The van der Waals surface area contributed by atoms with Crippen LogP contribution in [0.25, 0.3) is 0 Å². The van der Waals surface area contributed by atoms with Crippen LogP contribution in [0.2, 0.25) is 0 Å². The summed E-state index contributed by atoms with van der Waals surface area (Å²) in [5.41, 5.74) is 2.63. The first-order chi connectivity index (χ1) is 8.44. The van der Waals surface area contributed by atoms with Gasteiger partial charge in [-0.25, -0.2) is 10.8 Å². The van der Waals surface area contributed by atoms with Crippen molar-refractivity contribution >= 4 is 5.82 Å². The van der Waals surface area contributed by atoms with Gasteiger partial charge in [-0.3, -0.25) is 9.88 Å². The van der Waals surface area contributed by atoms with Crippen LogP contribution in [0.1, 0.15) is 5.69 Å². The number of nitrogen functional groups attached to an aromatic ring is 1. The molecule has 1 rings (SSSR count). The third kappa shape index (κ3) is 5.25. The Morgan fingerprint density at radius 3 is 2.50 bits per heavy atom. The lowest BCUT2D eigenvalue weighted by atomic mass is 10.3. The molecule has 0 aliphatic heterocycles. The van der Waals surface area contributed by atoms with Gasteiger partial charge in [0.15, 0.2) is 5.82 Å². The molecule has 0 unspecified atom stereocenters. The Morgan fingerprint density at radius 1 is 1.33 bits per heavy atom. The highest BCUT2D eigenvalue weighted by molar-refractivity contribution is 5.28. The Kier molecular flexibility index (Phi) is 5.25. The van der Waals surface area contributed by atoms with E-state index in [1.165, 1.54) is 12.4 Å². The third-order valence-electron chi connectivity index (χ3n) is 2.06. The van der Waals surface area contributed by atoms with E-state index in [-0.39, 0.29) is 19.7 Å². The van der Waals surface area contributed by atoms with E-state index in [1.54, 1.807) is 0 Å². The van der Waals surface area contributed by atoms with Gasteiger partial charge in [-0.15, -0.1) is 0 Å². The van der Waals surface area contributed by atoms with E-state index in [2.05, 4.69) is 15.4 Å². The molecule has 4 N–H and O–H groups in total. The van der Waals surface area contributed by atoms with Gasteiger partial charge in [-0.1, -0.05) is 0 Å². The van der Waals surface area contributed by atoms with E-state index in [0.717, 1.165) is 4.90 Å². The van der Waals surface area contributed by atoms with Gasteiger partial charge in [0.2, 0.25) is 0 Å². The summed E-state index contributed by atoms with van der Waals surface area (Å²) in [6.07, 6.45) is -1.67. The zero-order valence-corrected chi connectivity index (χ0v) is 9.48.